The Morgan fingerprint density at radius 2 is 1.89 bits per heavy atom. The Morgan fingerprint density at radius 3 is 2.49 bits per heavy atom. The van der Waals surface area contributed by atoms with Gasteiger partial charge in [0.2, 0.25) is 0 Å². The lowest BCUT2D eigenvalue weighted by molar-refractivity contribution is 0.0719. The minimum Gasteiger partial charge on any atom is -0.496 e. The van der Waals surface area contributed by atoms with Gasteiger partial charge >= 0.3 is 12.1 Å². The van der Waals surface area contributed by atoms with Gasteiger partial charge in [0, 0.05) is 17.8 Å². The van der Waals surface area contributed by atoms with E-state index in [0.717, 1.165) is 0 Å². The average molecular weight is 482 g/mol. The third-order valence-corrected chi connectivity index (χ3v) is 5.49. The predicted octanol–water partition coefficient (Wildman–Crippen LogP) is 4.38. The molecule has 186 valence electrons. The third kappa shape index (κ3) is 5.21. The molecule has 0 aliphatic carbocycles. The summed E-state index contributed by atoms with van der Waals surface area (Å²) >= 11 is 0. The van der Waals surface area contributed by atoms with Gasteiger partial charge in [0.25, 0.3) is 5.56 Å². The Kier molecular flexibility index (Phi) is 7.33. The molecule has 0 saturated carbocycles. The summed E-state index contributed by atoms with van der Waals surface area (Å²) in [6.07, 6.45) is -1.14. The fraction of sp³-hybridized carbons (Fsp3) is 0.360. The van der Waals surface area contributed by atoms with Gasteiger partial charge in [-0.2, -0.15) is 0 Å². The van der Waals surface area contributed by atoms with E-state index < -0.39 is 23.2 Å². The van der Waals surface area contributed by atoms with E-state index in [1.807, 2.05) is 0 Å². The van der Waals surface area contributed by atoms with Gasteiger partial charge in [-0.05, 0) is 65.0 Å². The van der Waals surface area contributed by atoms with Crippen LogP contribution in [0.1, 0.15) is 46.5 Å². The molecule has 10 heteroatoms. The molecule has 0 saturated heterocycles. The molecule has 1 aromatic heterocycles. The number of carboxylic acid groups (broad SMARTS) is 1. The number of carbonyl (C=O) groups is 2. The number of urea groups is 1. The second kappa shape index (κ2) is 10.0. The van der Waals surface area contributed by atoms with E-state index in [4.69, 9.17) is 9.72 Å². The Bertz CT molecular complexity index is 1310. The van der Waals surface area contributed by atoms with Gasteiger partial charge in [-0.15, -0.1) is 0 Å². The highest BCUT2D eigenvalue weighted by atomic mass is 16.5. The summed E-state index contributed by atoms with van der Waals surface area (Å²) in [5.74, 6) is 0.596. The lowest BCUT2D eigenvalue weighted by Gasteiger charge is -2.38. The van der Waals surface area contributed by atoms with Gasteiger partial charge in [-0.1, -0.05) is 12.1 Å². The zero-order chi connectivity index (χ0) is 25.9. The molecule has 3 N–H and O–H groups in total. The van der Waals surface area contributed by atoms with Crippen LogP contribution in [0.25, 0.3) is 16.6 Å². The largest absolute Gasteiger partial charge is 0.496 e. The molecule has 10 nitrogen and oxygen atoms in total. The molecular weight excluding hydrogens is 450 g/mol. The van der Waals surface area contributed by atoms with Crippen LogP contribution in [-0.4, -0.2) is 50.9 Å². The van der Waals surface area contributed by atoms with Crippen LogP contribution in [0.4, 0.5) is 15.3 Å². The normalized spacial score (nSPS) is 12.2. The molecule has 0 fully saturated rings. The van der Waals surface area contributed by atoms with Crippen molar-refractivity contribution in [1.82, 2.24) is 19.8 Å². The number of methoxy groups -OCH3 is 1. The molecule has 0 aliphatic heterocycles. The van der Waals surface area contributed by atoms with Crippen molar-refractivity contribution in [2.45, 2.75) is 46.2 Å². The molecule has 3 aromatic rings. The van der Waals surface area contributed by atoms with Gasteiger partial charge in [-0.3, -0.25) is 14.3 Å². The minimum atomic E-state index is -1.14. The fourth-order valence-electron chi connectivity index (χ4n) is 4.12. The number of benzene rings is 2. The molecule has 0 radical (unpaired) electrons. The Labute approximate surface area is 203 Å². The zero-order valence-corrected chi connectivity index (χ0v) is 20.7. The molecular formula is C25H31N5O5. The van der Waals surface area contributed by atoms with Crippen LogP contribution in [0.3, 0.4) is 0 Å². The van der Waals surface area contributed by atoms with Gasteiger partial charge in [0.15, 0.2) is 0 Å². The second-order valence-electron chi connectivity index (χ2n) is 9.00. The molecule has 3 rings (SSSR count). The Morgan fingerprint density at radius 1 is 1.20 bits per heavy atom. The molecule has 0 spiro atoms. The van der Waals surface area contributed by atoms with Crippen molar-refractivity contribution in [3.8, 4) is 11.4 Å². The summed E-state index contributed by atoms with van der Waals surface area (Å²) in [4.78, 5) is 44.2. The van der Waals surface area contributed by atoms with E-state index in [1.54, 1.807) is 77.1 Å². The summed E-state index contributed by atoms with van der Waals surface area (Å²) in [7, 11) is 1.47. The number of aromatic nitrogens is 2. The SMILES string of the molecule is CCNC(=O)Nc1cccc(-n2c(C(C)N(C(=O)O)C(C)(C)C)nc3cccc(OC)c3c2=O)c1. The van der Waals surface area contributed by atoms with Gasteiger partial charge < -0.3 is 20.5 Å². The van der Waals surface area contributed by atoms with Crippen LogP contribution in [0.5, 0.6) is 5.75 Å². The molecule has 35 heavy (non-hydrogen) atoms. The maximum absolute atomic E-state index is 13.9. The second-order valence-corrected chi connectivity index (χ2v) is 9.00. The number of fused-ring (bicyclic) bond motifs is 1. The number of ether oxygens (including phenoxy) is 1. The highest BCUT2D eigenvalue weighted by Gasteiger charge is 2.34. The van der Waals surface area contributed by atoms with E-state index >= 15 is 0 Å². The predicted molar refractivity (Wildman–Crippen MR) is 135 cm³/mol. The van der Waals surface area contributed by atoms with Crippen LogP contribution in [0.15, 0.2) is 47.3 Å². The summed E-state index contributed by atoms with van der Waals surface area (Å²) < 4.78 is 6.79. The number of amides is 3. The van der Waals surface area contributed by atoms with Crippen molar-refractivity contribution in [2.75, 3.05) is 19.0 Å². The van der Waals surface area contributed by atoms with E-state index in [-0.39, 0.29) is 17.2 Å². The summed E-state index contributed by atoms with van der Waals surface area (Å²) in [6.45, 7) is 9.29. The molecule has 0 aliphatic rings. The highest BCUT2D eigenvalue weighted by molar-refractivity contribution is 5.89. The van der Waals surface area contributed by atoms with Gasteiger partial charge in [0.1, 0.15) is 17.0 Å². The first-order valence-electron chi connectivity index (χ1n) is 11.3. The number of hydrogen-bond donors (Lipinski definition) is 3. The van der Waals surface area contributed by atoms with Crippen molar-refractivity contribution in [3.05, 3.63) is 58.6 Å². The van der Waals surface area contributed by atoms with Crippen molar-refractivity contribution in [3.63, 3.8) is 0 Å². The van der Waals surface area contributed by atoms with E-state index in [9.17, 15) is 19.5 Å². The summed E-state index contributed by atoms with van der Waals surface area (Å²) in [6, 6.07) is 10.7. The van der Waals surface area contributed by atoms with Crippen molar-refractivity contribution < 1.29 is 19.4 Å². The zero-order valence-electron chi connectivity index (χ0n) is 20.7. The first kappa shape index (κ1) is 25.5. The van der Waals surface area contributed by atoms with Crippen LogP contribution in [-0.2, 0) is 0 Å². The summed E-state index contributed by atoms with van der Waals surface area (Å²) in [5.41, 5.74) is 0.0985. The van der Waals surface area contributed by atoms with E-state index in [2.05, 4.69) is 10.6 Å². The lowest BCUT2D eigenvalue weighted by Crippen LogP contribution is -2.47. The number of hydrogen-bond acceptors (Lipinski definition) is 5. The standard InChI is InChI=1S/C25H31N5O5/c1-7-26-23(32)27-16-10-8-11-17(14-16)29-21(15(2)30(24(33)34)25(3,4)5)28-18-12-9-13-19(35-6)20(18)22(29)31/h8-15H,7H2,1-6H3,(H,33,34)(H2,26,27,32). The number of carbonyl (C=O) groups excluding carboxylic acids is 1. The average Bonchev–Trinajstić information content (AvgIpc) is 2.77. The maximum Gasteiger partial charge on any atom is 0.408 e. The monoisotopic (exact) mass is 481 g/mol. The molecule has 2 aromatic carbocycles. The Hall–Kier alpha value is -4.08. The fourth-order valence-corrected chi connectivity index (χ4v) is 4.12. The number of rotatable bonds is 6. The molecule has 1 unspecified atom stereocenters. The lowest BCUT2D eigenvalue weighted by atomic mass is 10.0. The molecule has 1 heterocycles. The number of nitrogens with one attached hydrogen (secondary N) is 2. The topological polar surface area (TPSA) is 126 Å². The van der Waals surface area contributed by atoms with E-state index in [0.29, 0.717) is 29.2 Å². The van der Waals surface area contributed by atoms with Crippen LogP contribution in [0, 0.1) is 0 Å². The number of nitrogens with zero attached hydrogens (tertiary/aromatic N) is 3. The van der Waals surface area contributed by atoms with Crippen molar-refractivity contribution in [1.29, 1.82) is 0 Å². The highest BCUT2D eigenvalue weighted by Crippen LogP contribution is 2.30. The quantitative estimate of drug-likeness (QED) is 0.480. The first-order chi connectivity index (χ1) is 16.5. The van der Waals surface area contributed by atoms with Crippen molar-refractivity contribution >= 4 is 28.7 Å². The first-order valence-corrected chi connectivity index (χ1v) is 11.3. The van der Waals surface area contributed by atoms with Gasteiger partial charge in [0.05, 0.1) is 24.4 Å². The smallest absolute Gasteiger partial charge is 0.408 e. The van der Waals surface area contributed by atoms with Crippen LogP contribution < -0.4 is 20.9 Å². The summed E-state index contributed by atoms with van der Waals surface area (Å²) in [5, 5.41) is 15.7. The van der Waals surface area contributed by atoms with Crippen molar-refractivity contribution in [2.24, 2.45) is 0 Å². The van der Waals surface area contributed by atoms with Crippen LogP contribution in [0.2, 0.25) is 0 Å². The van der Waals surface area contributed by atoms with E-state index in [1.165, 1.54) is 16.6 Å². The number of anilines is 1. The third-order valence-electron chi connectivity index (χ3n) is 5.49. The minimum absolute atomic E-state index is 0.239. The molecule has 3 amide bonds. The molecule has 1 atom stereocenters. The molecule has 0 bridgehead atoms. The Balaban J connectivity index is 2.32. The maximum atomic E-state index is 13.9. The van der Waals surface area contributed by atoms with Crippen LogP contribution >= 0.6 is 0 Å². The van der Waals surface area contributed by atoms with Gasteiger partial charge in [-0.25, -0.2) is 14.6 Å².